The molecule has 0 saturated heterocycles. The first kappa shape index (κ1) is 34.2. The summed E-state index contributed by atoms with van der Waals surface area (Å²) in [5.74, 6) is -0.885. The number of nitrogens with one attached hydrogen (secondary N) is 2. The van der Waals surface area contributed by atoms with Gasteiger partial charge in [-0.05, 0) is 63.5 Å². The van der Waals surface area contributed by atoms with Crippen molar-refractivity contribution in [1.29, 1.82) is 0 Å². The Morgan fingerprint density at radius 3 is 2.24 bits per heavy atom. The van der Waals surface area contributed by atoms with E-state index in [9.17, 15) is 14.4 Å². The summed E-state index contributed by atoms with van der Waals surface area (Å²) in [5, 5.41) is 5.84. The highest BCUT2D eigenvalue weighted by Gasteiger charge is 2.39. The van der Waals surface area contributed by atoms with Gasteiger partial charge in [0, 0.05) is 29.6 Å². The number of hydrogen-bond acceptors (Lipinski definition) is 5. The van der Waals surface area contributed by atoms with Crippen molar-refractivity contribution < 1.29 is 19.1 Å². The Labute approximate surface area is 253 Å². The number of carbonyl (C=O) groups is 3. The van der Waals surface area contributed by atoms with E-state index in [4.69, 9.17) is 10.5 Å². The standard InChI is InChI=1S/C30H39BrN4O4.C2H6/c1-6-35(17-24-23(26(36)34-30(24,4)5)16-20-12-14-22(31)15-13-20)27(37)25(33-28(38)29(2,3)32)19-39-18-21-10-8-7-9-11-21;1-2/h7-15,25H,6,16-19,32H2,1-5H3,(H,33,38)(H,34,36);1-2H3/t25-;/m1./s1. The molecule has 0 bridgehead atoms. The molecule has 1 heterocycles. The maximum absolute atomic E-state index is 13.8. The van der Waals surface area contributed by atoms with E-state index >= 15 is 0 Å². The Hall–Kier alpha value is -3.01. The topological polar surface area (TPSA) is 114 Å². The second-order valence-electron chi connectivity index (χ2n) is 10.9. The fourth-order valence-electron chi connectivity index (χ4n) is 4.38. The average molecular weight is 630 g/mol. The van der Waals surface area contributed by atoms with Gasteiger partial charge in [-0.2, -0.15) is 0 Å². The van der Waals surface area contributed by atoms with E-state index in [2.05, 4.69) is 26.6 Å². The van der Waals surface area contributed by atoms with Crippen LogP contribution in [-0.2, 0) is 32.1 Å². The number of halogens is 1. The lowest BCUT2D eigenvalue weighted by atomic mass is 9.91. The van der Waals surface area contributed by atoms with Gasteiger partial charge in [-0.25, -0.2) is 0 Å². The fourth-order valence-corrected chi connectivity index (χ4v) is 4.64. The second kappa shape index (κ2) is 15.3. The van der Waals surface area contributed by atoms with Gasteiger partial charge in [-0.3, -0.25) is 14.4 Å². The van der Waals surface area contributed by atoms with Crippen molar-refractivity contribution in [2.75, 3.05) is 19.7 Å². The second-order valence-corrected chi connectivity index (χ2v) is 11.9. The molecule has 3 amide bonds. The van der Waals surface area contributed by atoms with E-state index in [-0.39, 0.29) is 25.0 Å². The van der Waals surface area contributed by atoms with E-state index < -0.39 is 23.0 Å². The van der Waals surface area contributed by atoms with Crippen LogP contribution >= 0.6 is 15.9 Å². The van der Waals surface area contributed by atoms with Gasteiger partial charge in [0.05, 0.1) is 24.3 Å². The Bertz CT molecular complexity index is 1200. The molecule has 41 heavy (non-hydrogen) atoms. The molecule has 4 N–H and O–H groups in total. The maximum atomic E-state index is 13.8. The summed E-state index contributed by atoms with van der Waals surface area (Å²) in [4.78, 5) is 41.2. The maximum Gasteiger partial charge on any atom is 0.248 e. The van der Waals surface area contributed by atoms with Crippen LogP contribution in [0.3, 0.4) is 0 Å². The van der Waals surface area contributed by atoms with Crippen LogP contribution < -0.4 is 16.4 Å². The summed E-state index contributed by atoms with van der Waals surface area (Å²) in [5.41, 5.74) is 7.67. The Balaban J connectivity index is 0.00000287. The molecule has 224 valence electrons. The molecule has 1 atom stereocenters. The summed E-state index contributed by atoms with van der Waals surface area (Å²) >= 11 is 3.45. The van der Waals surface area contributed by atoms with Crippen LogP contribution in [0.4, 0.5) is 0 Å². The molecule has 1 aliphatic heterocycles. The van der Waals surface area contributed by atoms with Gasteiger partial charge in [0.15, 0.2) is 0 Å². The molecule has 0 radical (unpaired) electrons. The summed E-state index contributed by atoms with van der Waals surface area (Å²) in [7, 11) is 0. The molecule has 2 aromatic carbocycles. The molecule has 9 heteroatoms. The number of carbonyl (C=O) groups excluding carboxylic acids is 3. The molecule has 1 aliphatic rings. The lowest BCUT2D eigenvalue weighted by molar-refractivity contribution is -0.139. The van der Waals surface area contributed by atoms with E-state index in [1.807, 2.05) is 89.2 Å². The van der Waals surface area contributed by atoms with Crippen LogP contribution in [0.1, 0.15) is 59.6 Å². The minimum Gasteiger partial charge on any atom is -0.374 e. The predicted octanol–water partition coefficient (Wildman–Crippen LogP) is 4.51. The van der Waals surface area contributed by atoms with Gasteiger partial charge in [0.1, 0.15) is 6.04 Å². The summed E-state index contributed by atoms with van der Waals surface area (Å²) in [6.07, 6.45) is 0.450. The lowest BCUT2D eigenvalue weighted by Gasteiger charge is -2.32. The third-order valence-corrected chi connectivity index (χ3v) is 7.27. The quantitative estimate of drug-likeness (QED) is 0.320. The van der Waals surface area contributed by atoms with E-state index in [1.165, 1.54) is 0 Å². The van der Waals surface area contributed by atoms with Crippen LogP contribution in [0, 0.1) is 0 Å². The van der Waals surface area contributed by atoms with Gasteiger partial charge in [0.2, 0.25) is 17.7 Å². The number of rotatable bonds is 12. The summed E-state index contributed by atoms with van der Waals surface area (Å²) in [6, 6.07) is 16.5. The van der Waals surface area contributed by atoms with Crippen molar-refractivity contribution in [3.63, 3.8) is 0 Å². The summed E-state index contributed by atoms with van der Waals surface area (Å²) < 4.78 is 6.82. The first-order valence-electron chi connectivity index (χ1n) is 14.1. The summed E-state index contributed by atoms with van der Waals surface area (Å²) in [6.45, 7) is 13.8. The van der Waals surface area contributed by atoms with Gasteiger partial charge < -0.3 is 26.0 Å². The number of ether oxygens (including phenoxy) is 1. The highest BCUT2D eigenvalue weighted by Crippen LogP contribution is 2.30. The number of benzene rings is 2. The van der Waals surface area contributed by atoms with E-state index in [1.54, 1.807) is 18.7 Å². The van der Waals surface area contributed by atoms with Crippen LogP contribution in [0.15, 0.2) is 70.2 Å². The molecule has 0 aromatic heterocycles. The highest BCUT2D eigenvalue weighted by atomic mass is 79.9. The Kier molecular flexibility index (Phi) is 12.7. The number of amides is 3. The minimum absolute atomic E-state index is 0.0164. The van der Waals surface area contributed by atoms with Gasteiger partial charge >= 0.3 is 0 Å². The fraction of sp³-hybridized carbons (Fsp3) is 0.469. The third-order valence-electron chi connectivity index (χ3n) is 6.74. The van der Waals surface area contributed by atoms with Crippen molar-refractivity contribution in [3.8, 4) is 0 Å². The Morgan fingerprint density at radius 2 is 1.68 bits per heavy atom. The lowest BCUT2D eigenvalue weighted by Crippen LogP contribution is -2.58. The first-order valence-corrected chi connectivity index (χ1v) is 14.9. The average Bonchev–Trinajstić information content (AvgIpc) is 3.14. The molecule has 0 unspecified atom stereocenters. The molecule has 2 aromatic rings. The van der Waals surface area contributed by atoms with Crippen LogP contribution in [0.25, 0.3) is 0 Å². The zero-order valence-corrected chi connectivity index (χ0v) is 26.9. The van der Waals surface area contributed by atoms with Crippen molar-refractivity contribution in [3.05, 3.63) is 81.3 Å². The number of nitrogens with zero attached hydrogens (tertiary/aromatic N) is 1. The Morgan fingerprint density at radius 1 is 1.07 bits per heavy atom. The SMILES string of the molecule is CC.CCN(CC1=C(Cc2ccc(Br)cc2)C(=O)NC1(C)C)C(=O)[C@@H](COCc1ccccc1)NC(=O)C(C)(C)N. The smallest absolute Gasteiger partial charge is 0.248 e. The van der Waals surface area contributed by atoms with E-state index in [0.29, 0.717) is 25.1 Å². The van der Waals surface area contributed by atoms with Crippen molar-refractivity contribution >= 4 is 33.7 Å². The predicted molar refractivity (Wildman–Crippen MR) is 167 cm³/mol. The number of likely N-dealkylation sites (N-methyl/N-ethyl adjacent to an activating group) is 1. The van der Waals surface area contributed by atoms with Crippen molar-refractivity contribution in [1.82, 2.24) is 15.5 Å². The zero-order chi connectivity index (χ0) is 30.8. The molecular formula is C32H45BrN4O4. The molecule has 0 saturated carbocycles. The molecular weight excluding hydrogens is 584 g/mol. The number of nitrogens with two attached hydrogens (primary N) is 1. The van der Waals surface area contributed by atoms with Crippen molar-refractivity contribution in [2.45, 2.75) is 78.6 Å². The zero-order valence-electron chi connectivity index (χ0n) is 25.3. The normalized spacial score (nSPS) is 15.0. The number of hydrogen-bond donors (Lipinski definition) is 3. The molecule has 0 spiro atoms. The largest absolute Gasteiger partial charge is 0.374 e. The van der Waals surface area contributed by atoms with Gasteiger partial charge in [0.25, 0.3) is 0 Å². The first-order chi connectivity index (χ1) is 19.3. The van der Waals surface area contributed by atoms with Crippen LogP contribution in [0.5, 0.6) is 0 Å². The van der Waals surface area contributed by atoms with Gasteiger partial charge in [-0.15, -0.1) is 0 Å². The third kappa shape index (κ3) is 9.80. The van der Waals surface area contributed by atoms with Gasteiger partial charge in [-0.1, -0.05) is 72.2 Å². The molecule has 3 rings (SSSR count). The molecule has 0 aliphatic carbocycles. The molecule has 0 fully saturated rings. The highest BCUT2D eigenvalue weighted by molar-refractivity contribution is 9.10. The van der Waals surface area contributed by atoms with Crippen LogP contribution in [-0.4, -0.2) is 59.4 Å². The minimum atomic E-state index is -1.17. The monoisotopic (exact) mass is 628 g/mol. The molecule has 8 nitrogen and oxygen atoms in total. The van der Waals surface area contributed by atoms with Crippen molar-refractivity contribution in [2.24, 2.45) is 5.73 Å². The van der Waals surface area contributed by atoms with E-state index in [0.717, 1.165) is 21.2 Å². The van der Waals surface area contributed by atoms with Crippen LogP contribution in [0.2, 0.25) is 0 Å².